The van der Waals surface area contributed by atoms with Crippen molar-refractivity contribution >= 4 is 11.9 Å². The van der Waals surface area contributed by atoms with Crippen molar-refractivity contribution in [3.63, 3.8) is 0 Å². The Balaban J connectivity index is 1.97. The fourth-order valence-corrected chi connectivity index (χ4v) is 3.00. The van der Waals surface area contributed by atoms with Crippen LogP contribution in [0.4, 0.5) is 0 Å². The summed E-state index contributed by atoms with van der Waals surface area (Å²) in [6.45, 7) is 1.48. The van der Waals surface area contributed by atoms with Crippen molar-refractivity contribution in [3.8, 4) is 0 Å². The first-order valence-electron chi connectivity index (χ1n) is 6.61. The van der Waals surface area contributed by atoms with E-state index in [1.165, 1.54) is 0 Å². The van der Waals surface area contributed by atoms with Crippen molar-refractivity contribution in [2.24, 2.45) is 5.41 Å². The summed E-state index contributed by atoms with van der Waals surface area (Å²) in [5.74, 6) is -0.508. The van der Waals surface area contributed by atoms with Crippen LogP contribution in [0.3, 0.4) is 0 Å². The van der Waals surface area contributed by atoms with Gasteiger partial charge in [-0.2, -0.15) is 0 Å². The molecule has 0 spiro atoms. The first-order chi connectivity index (χ1) is 8.11. The van der Waals surface area contributed by atoms with Gasteiger partial charge in [-0.1, -0.05) is 12.8 Å². The Morgan fingerprint density at radius 2 is 2.00 bits per heavy atom. The zero-order valence-corrected chi connectivity index (χ0v) is 10.3. The molecule has 1 saturated carbocycles. The number of aliphatic carboxylic acids is 1. The van der Waals surface area contributed by atoms with Crippen molar-refractivity contribution in [3.05, 3.63) is 0 Å². The van der Waals surface area contributed by atoms with Crippen LogP contribution in [0.5, 0.6) is 0 Å². The van der Waals surface area contributed by atoms with E-state index in [4.69, 9.17) is 5.11 Å². The van der Waals surface area contributed by atoms with Gasteiger partial charge in [0.25, 0.3) is 0 Å². The Hall–Kier alpha value is -1.06. The molecule has 0 radical (unpaired) electrons. The minimum absolute atomic E-state index is 0.119. The molecule has 1 aliphatic heterocycles. The van der Waals surface area contributed by atoms with E-state index in [1.807, 2.05) is 4.90 Å². The average Bonchev–Trinajstić information content (AvgIpc) is 2.40. The summed E-state index contributed by atoms with van der Waals surface area (Å²) in [7, 11) is 0. The molecule has 0 unspecified atom stereocenters. The zero-order valence-electron chi connectivity index (χ0n) is 10.3. The number of carboxylic acids is 1. The molecule has 1 N–H and O–H groups in total. The third-order valence-corrected chi connectivity index (χ3v) is 4.14. The number of carboxylic acid groups (broad SMARTS) is 1. The molecule has 0 aromatic heterocycles. The number of rotatable bonds is 4. The van der Waals surface area contributed by atoms with Gasteiger partial charge in [0.05, 0.1) is 6.42 Å². The predicted octanol–water partition coefficient (Wildman–Crippen LogP) is 2.03. The predicted molar refractivity (Wildman–Crippen MR) is 63.6 cm³/mol. The second-order valence-electron chi connectivity index (χ2n) is 5.55. The van der Waals surface area contributed by atoms with Crippen LogP contribution in [-0.4, -0.2) is 35.0 Å². The monoisotopic (exact) mass is 239 g/mol. The van der Waals surface area contributed by atoms with E-state index < -0.39 is 5.97 Å². The van der Waals surface area contributed by atoms with Gasteiger partial charge in [0.2, 0.25) is 5.91 Å². The van der Waals surface area contributed by atoms with E-state index in [9.17, 15) is 9.59 Å². The number of hydrogen-bond donors (Lipinski definition) is 1. The standard InChI is InChI=1S/C13H21NO3/c15-11-5-2-1-3-8-14(11)10-13(6-4-7-13)9-12(16)17/h1-10H2,(H,16,17). The van der Waals surface area contributed by atoms with Crippen LogP contribution in [0.25, 0.3) is 0 Å². The summed E-state index contributed by atoms with van der Waals surface area (Å²) < 4.78 is 0. The summed E-state index contributed by atoms with van der Waals surface area (Å²) in [5, 5.41) is 8.96. The lowest BCUT2D eigenvalue weighted by Gasteiger charge is -2.44. The Morgan fingerprint density at radius 3 is 2.59 bits per heavy atom. The fourth-order valence-electron chi connectivity index (χ4n) is 3.00. The third kappa shape index (κ3) is 2.99. The van der Waals surface area contributed by atoms with Crippen LogP contribution in [0, 0.1) is 5.41 Å². The van der Waals surface area contributed by atoms with Gasteiger partial charge in [-0.25, -0.2) is 0 Å². The molecule has 4 heteroatoms. The number of nitrogens with zero attached hydrogens (tertiary/aromatic N) is 1. The number of carbonyl (C=O) groups excluding carboxylic acids is 1. The van der Waals surface area contributed by atoms with E-state index in [0.29, 0.717) is 13.0 Å². The summed E-state index contributed by atoms with van der Waals surface area (Å²) in [6.07, 6.45) is 7.06. The summed E-state index contributed by atoms with van der Waals surface area (Å²) in [4.78, 5) is 24.7. The first kappa shape index (κ1) is 12.4. The molecule has 17 heavy (non-hydrogen) atoms. The SMILES string of the molecule is O=C(O)CC1(CN2CCCCCC2=O)CCC1. The maximum absolute atomic E-state index is 11.9. The van der Waals surface area contributed by atoms with Crippen molar-refractivity contribution < 1.29 is 14.7 Å². The normalized spacial score (nSPS) is 24.0. The van der Waals surface area contributed by atoms with Crippen LogP contribution in [0.1, 0.15) is 51.4 Å². The molecule has 1 heterocycles. The minimum atomic E-state index is -0.730. The lowest BCUT2D eigenvalue weighted by atomic mass is 9.66. The molecule has 0 aromatic carbocycles. The number of hydrogen-bond acceptors (Lipinski definition) is 2. The highest BCUT2D eigenvalue weighted by atomic mass is 16.4. The maximum atomic E-state index is 11.9. The molecular formula is C13H21NO3. The van der Waals surface area contributed by atoms with Gasteiger partial charge in [0.1, 0.15) is 0 Å². The van der Waals surface area contributed by atoms with Gasteiger partial charge in [-0.05, 0) is 31.1 Å². The van der Waals surface area contributed by atoms with Gasteiger partial charge in [-0.15, -0.1) is 0 Å². The second-order valence-corrected chi connectivity index (χ2v) is 5.55. The molecule has 4 nitrogen and oxygen atoms in total. The van der Waals surface area contributed by atoms with Crippen molar-refractivity contribution in [2.45, 2.75) is 51.4 Å². The van der Waals surface area contributed by atoms with Crippen LogP contribution in [0.2, 0.25) is 0 Å². The molecular weight excluding hydrogens is 218 g/mol. The Kier molecular flexibility index (Phi) is 3.69. The second kappa shape index (κ2) is 5.07. The zero-order chi connectivity index (χ0) is 12.3. The largest absolute Gasteiger partial charge is 0.481 e. The smallest absolute Gasteiger partial charge is 0.303 e. The molecule has 2 fully saturated rings. The third-order valence-electron chi connectivity index (χ3n) is 4.14. The van der Waals surface area contributed by atoms with Gasteiger partial charge in [0, 0.05) is 19.5 Å². The fraction of sp³-hybridized carbons (Fsp3) is 0.846. The number of likely N-dealkylation sites (tertiary alicyclic amines) is 1. The van der Waals surface area contributed by atoms with Crippen LogP contribution >= 0.6 is 0 Å². The highest BCUT2D eigenvalue weighted by Crippen LogP contribution is 2.44. The lowest BCUT2D eigenvalue weighted by Crippen LogP contribution is -2.45. The minimum Gasteiger partial charge on any atom is -0.481 e. The first-order valence-corrected chi connectivity index (χ1v) is 6.61. The summed E-state index contributed by atoms with van der Waals surface area (Å²) in [5.41, 5.74) is -0.119. The van der Waals surface area contributed by atoms with E-state index in [0.717, 1.165) is 45.1 Å². The van der Waals surface area contributed by atoms with E-state index in [-0.39, 0.29) is 17.7 Å². The van der Waals surface area contributed by atoms with Crippen molar-refractivity contribution in [2.75, 3.05) is 13.1 Å². The molecule has 96 valence electrons. The lowest BCUT2D eigenvalue weighted by molar-refractivity contribution is -0.144. The topological polar surface area (TPSA) is 57.6 Å². The highest BCUT2D eigenvalue weighted by molar-refractivity contribution is 5.76. The van der Waals surface area contributed by atoms with E-state index >= 15 is 0 Å². The Morgan fingerprint density at radius 1 is 1.24 bits per heavy atom. The van der Waals surface area contributed by atoms with Crippen LogP contribution in [-0.2, 0) is 9.59 Å². The molecule has 2 aliphatic rings. The van der Waals surface area contributed by atoms with Crippen molar-refractivity contribution in [1.82, 2.24) is 4.90 Å². The van der Waals surface area contributed by atoms with Crippen molar-refractivity contribution in [1.29, 1.82) is 0 Å². The molecule has 1 saturated heterocycles. The average molecular weight is 239 g/mol. The molecule has 1 amide bonds. The van der Waals surface area contributed by atoms with Gasteiger partial charge in [0.15, 0.2) is 0 Å². The molecule has 0 atom stereocenters. The molecule has 1 aliphatic carbocycles. The van der Waals surface area contributed by atoms with Gasteiger partial charge < -0.3 is 10.0 Å². The molecule has 0 bridgehead atoms. The number of carbonyl (C=O) groups is 2. The van der Waals surface area contributed by atoms with Gasteiger partial charge in [-0.3, -0.25) is 9.59 Å². The highest BCUT2D eigenvalue weighted by Gasteiger charge is 2.41. The summed E-state index contributed by atoms with van der Waals surface area (Å²) >= 11 is 0. The molecule has 2 rings (SSSR count). The Labute approximate surface area is 102 Å². The van der Waals surface area contributed by atoms with E-state index in [2.05, 4.69) is 0 Å². The summed E-state index contributed by atoms with van der Waals surface area (Å²) in [6, 6.07) is 0. The maximum Gasteiger partial charge on any atom is 0.303 e. The molecule has 0 aromatic rings. The Bertz CT molecular complexity index is 310. The quantitative estimate of drug-likeness (QED) is 0.816. The van der Waals surface area contributed by atoms with Crippen LogP contribution in [0.15, 0.2) is 0 Å². The van der Waals surface area contributed by atoms with E-state index in [1.54, 1.807) is 0 Å². The van der Waals surface area contributed by atoms with Crippen LogP contribution < -0.4 is 0 Å². The van der Waals surface area contributed by atoms with Gasteiger partial charge >= 0.3 is 5.97 Å². The number of amides is 1.